The second-order valence-corrected chi connectivity index (χ2v) is 14.1. The summed E-state index contributed by atoms with van der Waals surface area (Å²) < 4.78 is 30.3. The summed E-state index contributed by atoms with van der Waals surface area (Å²) in [5.41, 5.74) is 1.41. The topological polar surface area (TPSA) is 119 Å². The summed E-state index contributed by atoms with van der Waals surface area (Å²) in [7, 11) is 6.09. The minimum absolute atomic E-state index is 0.0415. The molecule has 0 bridgehead atoms. The lowest BCUT2D eigenvalue weighted by Crippen LogP contribution is -2.76. The summed E-state index contributed by atoms with van der Waals surface area (Å²) in [5.74, 6) is -2.16. The number of rotatable bonds is 13. The Balaban J connectivity index is 1.28. The van der Waals surface area contributed by atoms with Gasteiger partial charge in [0.25, 0.3) is 0 Å². The number of carbonyl (C=O) groups excluding carboxylic acids is 3. The molecule has 3 aromatic rings. The van der Waals surface area contributed by atoms with E-state index >= 15 is 8.78 Å². The Kier molecular flexibility index (Phi) is 11.6. The molecule has 53 heavy (non-hydrogen) atoms. The lowest BCUT2D eigenvalue weighted by Gasteiger charge is -2.55. The van der Waals surface area contributed by atoms with Gasteiger partial charge in [0.05, 0.1) is 25.3 Å². The Bertz CT molecular complexity index is 1810. The first-order valence-electron chi connectivity index (χ1n) is 17.7. The number of aromatic hydroxyl groups is 1. The molecule has 0 unspecified atom stereocenters. The highest BCUT2D eigenvalue weighted by atomic mass is 19.1. The molecule has 0 saturated carbocycles. The molecule has 0 aliphatic carbocycles. The summed E-state index contributed by atoms with van der Waals surface area (Å²) in [6.45, 7) is 6.85. The van der Waals surface area contributed by atoms with Gasteiger partial charge in [0.1, 0.15) is 23.8 Å². The Morgan fingerprint density at radius 2 is 1.77 bits per heavy atom. The van der Waals surface area contributed by atoms with Gasteiger partial charge in [-0.1, -0.05) is 42.5 Å². The van der Waals surface area contributed by atoms with E-state index in [0.717, 1.165) is 24.7 Å². The number of hydrogen-bond donors (Lipinski definition) is 2. The summed E-state index contributed by atoms with van der Waals surface area (Å²) >= 11 is 0. The fourth-order valence-corrected chi connectivity index (χ4v) is 7.03. The van der Waals surface area contributed by atoms with Crippen molar-refractivity contribution in [3.05, 3.63) is 102 Å². The SMILES string of the molecule is C=CCN1CC(=O)N2[C@@H](Cc3ccc(O)cc3F)C(=O)N(Cc3ccc(F)c(N4CC(N(C)CCN(C)C)C4)n3)C[C@@H]2N1C(=O)NCc1ccccc1. The number of phenolic OH excluding ortho intramolecular Hbond substituents is 1. The molecular formula is C38H47F2N9O4. The normalized spacial score (nSPS) is 19.5. The Morgan fingerprint density at radius 1 is 1.02 bits per heavy atom. The molecule has 3 fully saturated rings. The van der Waals surface area contributed by atoms with Gasteiger partial charge in [-0.05, 0) is 50.5 Å². The lowest BCUT2D eigenvalue weighted by molar-refractivity contribution is -0.189. The van der Waals surface area contributed by atoms with Crippen LogP contribution in [0.1, 0.15) is 16.8 Å². The first kappa shape index (κ1) is 37.6. The van der Waals surface area contributed by atoms with Crippen molar-refractivity contribution in [3.63, 3.8) is 0 Å². The number of likely N-dealkylation sites (N-methyl/N-ethyl adjacent to an activating group) is 2. The van der Waals surface area contributed by atoms with E-state index in [4.69, 9.17) is 0 Å². The van der Waals surface area contributed by atoms with Gasteiger partial charge in [0.15, 0.2) is 11.6 Å². The number of hydrogen-bond acceptors (Lipinski definition) is 9. The third-order valence-electron chi connectivity index (χ3n) is 10.0. The standard InChI is InChI=1S/C38H47F2N9O4/c1-5-15-47-25-35(51)48-33(18-27-11-13-30(50)19-32(27)40)37(52)46(24-34(48)49(47)38(53)41-20-26-9-7-6-8-10-26)21-28-12-14-31(39)36(42-28)45-22-29(23-45)44(4)17-16-43(2)3/h5-14,19,29,33-34,50H,1,15-18,20-25H2,2-4H3,(H,41,53)/t33-,34-/m0/s1. The Morgan fingerprint density at radius 3 is 2.47 bits per heavy atom. The average Bonchev–Trinajstić information content (AvgIpc) is 3.10. The van der Waals surface area contributed by atoms with Crippen LogP contribution in [0.2, 0.25) is 0 Å². The average molecular weight is 732 g/mol. The van der Waals surface area contributed by atoms with E-state index in [1.165, 1.54) is 39.1 Å². The molecule has 1 aromatic heterocycles. The molecule has 2 atom stereocenters. The van der Waals surface area contributed by atoms with Crippen molar-refractivity contribution in [2.75, 3.05) is 71.9 Å². The third-order valence-corrected chi connectivity index (χ3v) is 10.0. The molecule has 0 spiro atoms. The fraction of sp³-hybridized carbons (Fsp3) is 0.421. The van der Waals surface area contributed by atoms with Crippen LogP contribution in [-0.4, -0.2) is 143 Å². The number of benzene rings is 2. The van der Waals surface area contributed by atoms with Crippen LogP contribution < -0.4 is 10.2 Å². The second kappa shape index (κ2) is 16.3. The number of urea groups is 1. The first-order chi connectivity index (χ1) is 25.4. The smallest absolute Gasteiger partial charge is 0.334 e. The van der Waals surface area contributed by atoms with Gasteiger partial charge in [-0.3, -0.25) is 14.5 Å². The van der Waals surface area contributed by atoms with E-state index in [2.05, 4.69) is 33.7 Å². The van der Waals surface area contributed by atoms with Crippen LogP contribution >= 0.6 is 0 Å². The van der Waals surface area contributed by atoms with Crippen LogP contribution in [-0.2, 0) is 29.1 Å². The number of fused-ring (bicyclic) bond motifs is 1. The number of pyridine rings is 1. The largest absolute Gasteiger partial charge is 0.508 e. The van der Waals surface area contributed by atoms with Crippen molar-refractivity contribution in [1.82, 2.24) is 39.9 Å². The third kappa shape index (κ3) is 8.42. The van der Waals surface area contributed by atoms with Gasteiger partial charge in [-0.15, -0.1) is 6.58 Å². The van der Waals surface area contributed by atoms with Crippen molar-refractivity contribution in [1.29, 1.82) is 0 Å². The summed E-state index contributed by atoms with van der Waals surface area (Å²) in [6, 6.07) is 14.4. The predicted molar refractivity (Wildman–Crippen MR) is 195 cm³/mol. The number of anilines is 1. The molecule has 0 radical (unpaired) electrons. The molecule has 13 nitrogen and oxygen atoms in total. The van der Waals surface area contributed by atoms with Crippen LogP contribution in [0.5, 0.6) is 5.75 Å². The zero-order valence-corrected chi connectivity index (χ0v) is 30.4. The van der Waals surface area contributed by atoms with Crippen molar-refractivity contribution in [2.45, 2.75) is 37.8 Å². The summed E-state index contributed by atoms with van der Waals surface area (Å²) in [6.07, 6.45) is 0.409. The number of nitrogens with one attached hydrogen (secondary N) is 1. The molecule has 3 saturated heterocycles. The van der Waals surface area contributed by atoms with E-state index in [1.54, 1.807) is 11.1 Å². The highest BCUT2D eigenvalue weighted by molar-refractivity contribution is 5.91. The molecule has 6 rings (SSSR count). The van der Waals surface area contributed by atoms with Gasteiger partial charge in [-0.2, -0.15) is 0 Å². The molecule has 4 amide bonds. The highest BCUT2D eigenvalue weighted by Crippen LogP contribution is 2.31. The maximum atomic E-state index is 15.2. The van der Waals surface area contributed by atoms with Gasteiger partial charge in [0, 0.05) is 57.8 Å². The molecule has 15 heteroatoms. The van der Waals surface area contributed by atoms with Crippen LogP contribution in [0, 0.1) is 11.6 Å². The Hall–Kier alpha value is -5.12. The second-order valence-electron chi connectivity index (χ2n) is 14.1. The van der Waals surface area contributed by atoms with Crippen molar-refractivity contribution in [3.8, 4) is 5.75 Å². The maximum absolute atomic E-state index is 15.2. The fourth-order valence-electron chi connectivity index (χ4n) is 7.03. The molecule has 2 N–H and O–H groups in total. The number of amides is 4. The molecular weight excluding hydrogens is 684 g/mol. The van der Waals surface area contributed by atoms with E-state index < -0.39 is 41.7 Å². The maximum Gasteiger partial charge on any atom is 0.334 e. The quantitative estimate of drug-likeness (QED) is 0.256. The Labute approximate surface area is 308 Å². The van der Waals surface area contributed by atoms with Crippen LogP contribution in [0.3, 0.4) is 0 Å². The molecule has 2 aromatic carbocycles. The zero-order valence-electron chi connectivity index (χ0n) is 30.4. The molecule has 282 valence electrons. The molecule has 3 aliphatic rings. The number of hydrazine groups is 1. The number of nitrogens with zero attached hydrogens (tertiary/aromatic N) is 8. The number of phenols is 1. The summed E-state index contributed by atoms with van der Waals surface area (Å²) in [5, 5.41) is 15.8. The monoisotopic (exact) mass is 731 g/mol. The number of aromatic nitrogens is 1. The number of piperazine rings is 1. The van der Waals surface area contributed by atoms with Crippen molar-refractivity contribution >= 4 is 23.7 Å². The van der Waals surface area contributed by atoms with Crippen LogP contribution in [0.15, 0.2) is 73.3 Å². The minimum Gasteiger partial charge on any atom is -0.508 e. The molecule has 4 heterocycles. The van der Waals surface area contributed by atoms with Crippen molar-refractivity contribution < 1.29 is 28.3 Å². The summed E-state index contributed by atoms with van der Waals surface area (Å²) in [4.78, 5) is 56.0. The van der Waals surface area contributed by atoms with E-state index in [0.29, 0.717) is 18.8 Å². The van der Waals surface area contributed by atoms with Crippen LogP contribution in [0.25, 0.3) is 0 Å². The van der Waals surface area contributed by atoms with E-state index in [1.807, 2.05) is 49.3 Å². The lowest BCUT2D eigenvalue weighted by atomic mass is 9.98. The zero-order chi connectivity index (χ0) is 37.8. The number of halogens is 2. The molecule has 3 aliphatic heterocycles. The van der Waals surface area contributed by atoms with Gasteiger partial charge in [-0.25, -0.2) is 28.6 Å². The predicted octanol–water partition coefficient (Wildman–Crippen LogP) is 2.48. The van der Waals surface area contributed by atoms with Gasteiger partial charge >= 0.3 is 6.03 Å². The highest BCUT2D eigenvalue weighted by Gasteiger charge is 2.51. The van der Waals surface area contributed by atoms with Gasteiger partial charge < -0.3 is 30.0 Å². The minimum atomic E-state index is -1.19. The van der Waals surface area contributed by atoms with Gasteiger partial charge in [0.2, 0.25) is 11.8 Å². The van der Waals surface area contributed by atoms with Crippen molar-refractivity contribution in [2.24, 2.45) is 0 Å². The van der Waals surface area contributed by atoms with E-state index in [9.17, 15) is 19.5 Å². The number of carbonyl (C=O) groups is 3. The first-order valence-corrected chi connectivity index (χ1v) is 17.7. The van der Waals surface area contributed by atoms with Crippen LogP contribution in [0.4, 0.5) is 19.4 Å². The van der Waals surface area contributed by atoms with E-state index in [-0.39, 0.29) is 62.3 Å².